The van der Waals surface area contributed by atoms with Crippen LogP contribution in [0.1, 0.15) is 13.3 Å². The molecule has 5 heteroatoms. The molecule has 1 atom stereocenters. The molecule has 4 nitrogen and oxygen atoms in total. The number of hydrogen-bond acceptors (Lipinski definition) is 3. The van der Waals surface area contributed by atoms with E-state index in [0.717, 1.165) is 6.42 Å². The third-order valence-electron chi connectivity index (χ3n) is 2.22. The summed E-state index contributed by atoms with van der Waals surface area (Å²) in [4.78, 5) is 11.5. The second-order valence-electron chi connectivity index (χ2n) is 3.74. The van der Waals surface area contributed by atoms with E-state index >= 15 is 0 Å². The highest BCUT2D eigenvalue weighted by atomic mass is 35.5. The van der Waals surface area contributed by atoms with Gasteiger partial charge in [-0.05, 0) is 30.7 Å². The van der Waals surface area contributed by atoms with Crippen molar-refractivity contribution in [1.82, 2.24) is 0 Å². The number of carbonyl (C=O) groups excluding carboxylic acids is 1. The summed E-state index contributed by atoms with van der Waals surface area (Å²) in [6, 6.07) is 6.88. The summed E-state index contributed by atoms with van der Waals surface area (Å²) < 4.78 is 5.18. The standard InChI is InChI=1S/C12H17ClN2O2/c1-2-10(14)7-17-8-12(16)15-11-5-3-9(13)4-6-11/h3-6,10H,2,7-8,14H2,1H3,(H,15,16). The van der Waals surface area contributed by atoms with Gasteiger partial charge >= 0.3 is 0 Å². The van der Waals surface area contributed by atoms with Crippen molar-refractivity contribution in [1.29, 1.82) is 0 Å². The van der Waals surface area contributed by atoms with Crippen molar-refractivity contribution in [2.45, 2.75) is 19.4 Å². The number of nitrogens with one attached hydrogen (secondary N) is 1. The van der Waals surface area contributed by atoms with Gasteiger partial charge in [0.1, 0.15) is 6.61 Å². The van der Waals surface area contributed by atoms with Gasteiger partial charge in [-0.1, -0.05) is 18.5 Å². The number of anilines is 1. The van der Waals surface area contributed by atoms with Crippen molar-refractivity contribution < 1.29 is 9.53 Å². The Labute approximate surface area is 106 Å². The first kappa shape index (κ1) is 14.0. The highest BCUT2D eigenvalue weighted by Crippen LogP contribution is 2.13. The molecule has 0 saturated heterocycles. The molecule has 0 aliphatic rings. The van der Waals surface area contributed by atoms with Gasteiger partial charge in [-0.2, -0.15) is 0 Å². The third-order valence-corrected chi connectivity index (χ3v) is 2.47. The van der Waals surface area contributed by atoms with Gasteiger partial charge < -0.3 is 15.8 Å². The van der Waals surface area contributed by atoms with Crippen LogP contribution in [-0.4, -0.2) is 25.2 Å². The molecule has 1 aromatic carbocycles. The Balaban J connectivity index is 2.27. The number of halogens is 1. The van der Waals surface area contributed by atoms with Gasteiger partial charge in [0.25, 0.3) is 0 Å². The number of nitrogens with two attached hydrogens (primary N) is 1. The second-order valence-corrected chi connectivity index (χ2v) is 4.17. The molecule has 0 radical (unpaired) electrons. The average Bonchev–Trinajstić information content (AvgIpc) is 2.32. The van der Waals surface area contributed by atoms with Crippen LogP contribution in [0.25, 0.3) is 0 Å². The Morgan fingerprint density at radius 3 is 2.71 bits per heavy atom. The average molecular weight is 257 g/mol. The SMILES string of the molecule is CCC(N)COCC(=O)Nc1ccc(Cl)cc1. The van der Waals surface area contributed by atoms with Crippen LogP contribution in [-0.2, 0) is 9.53 Å². The molecule has 0 saturated carbocycles. The van der Waals surface area contributed by atoms with Crippen molar-refractivity contribution in [3.63, 3.8) is 0 Å². The van der Waals surface area contributed by atoms with Crippen LogP contribution in [0.2, 0.25) is 5.02 Å². The molecule has 0 aromatic heterocycles. The zero-order valence-electron chi connectivity index (χ0n) is 9.78. The van der Waals surface area contributed by atoms with Gasteiger partial charge in [-0.15, -0.1) is 0 Å². The fraction of sp³-hybridized carbons (Fsp3) is 0.417. The third kappa shape index (κ3) is 5.68. The maximum Gasteiger partial charge on any atom is 0.250 e. The molecule has 0 bridgehead atoms. The predicted molar refractivity (Wildman–Crippen MR) is 69.2 cm³/mol. The van der Waals surface area contributed by atoms with E-state index in [1.54, 1.807) is 24.3 Å². The maximum absolute atomic E-state index is 11.5. The molecule has 1 unspecified atom stereocenters. The van der Waals surface area contributed by atoms with E-state index < -0.39 is 0 Å². The van der Waals surface area contributed by atoms with Gasteiger partial charge in [0.05, 0.1) is 6.61 Å². The van der Waals surface area contributed by atoms with E-state index in [-0.39, 0.29) is 18.6 Å². The Kier molecular flexibility index (Phi) is 5.97. The number of amides is 1. The van der Waals surface area contributed by atoms with E-state index in [1.807, 2.05) is 6.92 Å². The summed E-state index contributed by atoms with van der Waals surface area (Å²) in [5, 5.41) is 3.33. The smallest absolute Gasteiger partial charge is 0.250 e. The minimum Gasteiger partial charge on any atom is -0.370 e. The minimum absolute atomic E-state index is 0.0102. The van der Waals surface area contributed by atoms with Crippen LogP contribution in [0.4, 0.5) is 5.69 Å². The zero-order chi connectivity index (χ0) is 12.7. The summed E-state index contributed by atoms with van der Waals surface area (Å²) in [6.07, 6.45) is 0.832. The normalized spacial score (nSPS) is 12.2. The number of hydrogen-bond donors (Lipinski definition) is 2. The van der Waals surface area contributed by atoms with Gasteiger partial charge in [-0.3, -0.25) is 4.79 Å². The monoisotopic (exact) mass is 256 g/mol. The summed E-state index contributed by atoms with van der Waals surface area (Å²) >= 11 is 5.73. The summed E-state index contributed by atoms with van der Waals surface area (Å²) in [5.74, 6) is -0.198. The molecular weight excluding hydrogens is 240 g/mol. The molecule has 0 aliphatic carbocycles. The van der Waals surface area contributed by atoms with Crippen LogP contribution in [0.5, 0.6) is 0 Å². The molecule has 0 spiro atoms. The predicted octanol–water partition coefficient (Wildman–Crippen LogP) is 2.03. The number of benzene rings is 1. The van der Waals surface area contributed by atoms with E-state index in [9.17, 15) is 4.79 Å². The van der Waals surface area contributed by atoms with Gasteiger partial charge in [-0.25, -0.2) is 0 Å². The molecule has 1 rings (SSSR count). The number of ether oxygens (including phenoxy) is 1. The minimum atomic E-state index is -0.198. The van der Waals surface area contributed by atoms with E-state index in [2.05, 4.69) is 5.32 Å². The lowest BCUT2D eigenvalue weighted by Crippen LogP contribution is -2.28. The van der Waals surface area contributed by atoms with E-state index in [1.165, 1.54) is 0 Å². The lowest BCUT2D eigenvalue weighted by Gasteiger charge is -2.09. The Bertz CT molecular complexity index is 354. The number of carbonyl (C=O) groups is 1. The van der Waals surface area contributed by atoms with Crippen LogP contribution in [0.3, 0.4) is 0 Å². The highest BCUT2D eigenvalue weighted by Gasteiger charge is 2.04. The molecule has 0 heterocycles. The molecule has 1 aromatic rings. The van der Waals surface area contributed by atoms with Crippen LogP contribution < -0.4 is 11.1 Å². The summed E-state index contributed by atoms with van der Waals surface area (Å²) in [7, 11) is 0. The lowest BCUT2D eigenvalue weighted by atomic mass is 10.3. The van der Waals surface area contributed by atoms with Crippen molar-refractivity contribution in [2.24, 2.45) is 5.73 Å². The zero-order valence-corrected chi connectivity index (χ0v) is 10.5. The van der Waals surface area contributed by atoms with Crippen molar-refractivity contribution in [3.8, 4) is 0 Å². The van der Waals surface area contributed by atoms with E-state index in [0.29, 0.717) is 17.3 Å². The maximum atomic E-state index is 11.5. The largest absolute Gasteiger partial charge is 0.370 e. The van der Waals surface area contributed by atoms with E-state index in [4.69, 9.17) is 22.1 Å². The summed E-state index contributed by atoms with van der Waals surface area (Å²) in [5.41, 5.74) is 6.35. The Hall–Kier alpha value is -1.10. The van der Waals surface area contributed by atoms with Crippen molar-refractivity contribution >= 4 is 23.2 Å². The molecule has 0 fully saturated rings. The molecule has 94 valence electrons. The second kappa shape index (κ2) is 7.27. The molecule has 17 heavy (non-hydrogen) atoms. The van der Waals surface area contributed by atoms with Crippen LogP contribution in [0.15, 0.2) is 24.3 Å². The van der Waals surface area contributed by atoms with Gasteiger partial charge in [0.2, 0.25) is 5.91 Å². The Morgan fingerprint density at radius 1 is 1.47 bits per heavy atom. The highest BCUT2D eigenvalue weighted by molar-refractivity contribution is 6.30. The topological polar surface area (TPSA) is 64.3 Å². The van der Waals surface area contributed by atoms with Crippen LogP contribution >= 0.6 is 11.6 Å². The summed E-state index contributed by atoms with van der Waals surface area (Å²) in [6.45, 7) is 2.38. The molecular formula is C12H17ClN2O2. The van der Waals surface area contributed by atoms with Crippen molar-refractivity contribution in [2.75, 3.05) is 18.5 Å². The van der Waals surface area contributed by atoms with Crippen LogP contribution in [0, 0.1) is 0 Å². The lowest BCUT2D eigenvalue weighted by molar-refractivity contribution is -0.120. The fourth-order valence-corrected chi connectivity index (χ4v) is 1.28. The van der Waals surface area contributed by atoms with Gasteiger partial charge in [0.15, 0.2) is 0 Å². The molecule has 0 aliphatic heterocycles. The first-order valence-electron chi connectivity index (χ1n) is 5.50. The quantitative estimate of drug-likeness (QED) is 0.819. The Morgan fingerprint density at radius 2 is 2.12 bits per heavy atom. The first-order chi connectivity index (χ1) is 8.11. The molecule has 1 amide bonds. The van der Waals surface area contributed by atoms with Gasteiger partial charge in [0, 0.05) is 16.8 Å². The van der Waals surface area contributed by atoms with Crippen molar-refractivity contribution in [3.05, 3.63) is 29.3 Å². The fourth-order valence-electron chi connectivity index (χ4n) is 1.15. The number of rotatable bonds is 6. The first-order valence-corrected chi connectivity index (χ1v) is 5.88. The molecule has 3 N–H and O–H groups in total.